The van der Waals surface area contributed by atoms with Crippen LogP contribution in [0, 0.1) is 0 Å². The third-order valence-corrected chi connectivity index (χ3v) is 6.99. The van der Waals surface area contributed by atoms with Crippen molar-refractivity contribution in [3.63, 3.8) is 0 Å². The van der Waals surface area contributed by atoms with Crippen molar-refractivity contribution in [2.24, 2.45) is 0 Å². The summed E-state index contributed by atoms with van der Waals surface area (Å²) in [4.78, 5) is 12.9. The highest BCUT2D eigenvalue weighted by Gasteiger charge is 2.30. The van der Waals surface area contributed by atoms with E-state index in [0.717, 1.165) is 16.5 Å². The van der Waals surface area contributed by atoms with Gasteiger partial charge in [0.05, 0.1) is 4.90 Å². The molecule has 28 heavy (non-hydrogen) atoms. The molecule has 0 spiro atoms. The number of fused-ring (bicyclic) bond motifs is 1. The van der Waals surface area contributed by atoms with Gasteiger partial charge in [-0.1, -0.05) is 24.3 Å². The van der Waals surface area contributed by atoms with Gasteiger partial charge in [-0.3, -0.25) is 0 Å². The van der Waals surface area contributed by atoms with Crippen molar-refractivity contribution in [2.75, 3.05) is 50.1 Å². The number of rotatable bonds is 4. The Hall–Kier alpha value is -2.71. The molecule has 0 aliphatic carbocycles. The molecule has 0 amide bonds. The predicted octanol–water partition coefficient (Wildman–Crippen LogP) is 2.21. The third kappa shape index (κ3) is 3.29. The molecule has 146 valence electrons. The van der Waals surface area contributed by atoms with E-state index in [2.05, 4.69) is 9.97 Å². The van der Waals surface area contributed by atoms with Gasteiger partial charge in [0.25, 0.3) is 0 Å². The fraction of sp³-hybridized carbons (Fsp3) is 0.300. The van der Waals surface area contributed by atoms with E-state index in [-0.39, 0.29) is 0 Å². The maximum Gasteiger partial charge on any atom is 0.243 e. The molecule has 1 saturated heterocycles. The van der Waals surface area contributed by atoms with E-state index in [1.165, 1.54) is 0 Å². The second-order valence-electron chi connectivity index (χ2n) is 6.96. The molecule has 0 saturated carbocycles. The summed E-state index contributed by atoms with van der Waals surface area (Å²) < 4.78 is 28.3. The average Bonchev–Trinajstić information content (AvgIpc) is 2.73. The number of sulfonamides is 1. The maximum absolute atomic E-state index is 13.4. The predicted molar refractivity (Wildman–Crippen MR) is 111 cm³/mol. The summed E-state index contributed by atoms with van der Waals surface area (Å²) in [5.74, 6) is 0.639. The van der Waals surface area contributed by atoms with Gasteiger partial charge in [-0.15, -0.1) is 0 Å². The standard InChI is InChI=1S/C20H23N5O2S/c1-23(2)18-8-3-7-17-16(18)6-4-9-19(17)28(26,27)25-14-12-24(13-15-25)20-21-10-5-11-22-20/h3-11H,12-15H2,1-2H3. The lowest BCUT2D eigenvalue weighted by atomic mass is 10.1. The zero-order valence-corrected chi connectivity index (χ0v) is 16.8. The fourth-order valence-electron chi connectivity index (χ4n) is 3.60. The lowest BCUT2D eigenvalue weighted by molar-refractivity contribution is 0.383. The number of nitrogens with zero attached hydrogens (tertiary/aromatic N) is 5. The highest BCUT2D eigenvalue weighted by Crippen LogP contribution is 2.32. The van der Waals surface area contributed by atoms with Crippen LogP contribution in [0.1, 0.15) is 0 Å². The number of aromatic nitrogens is 2. The summed E-state index contributed by atoms with van der Waals surface area (Å²) in [7, 11) is 0.329. The van der Waals surface area contributed by atoms with Crippen molar-refractivity contribution in [3.8, 4) is 0 Å². The van der Waals surface area contributed by atoms with Crippen molar-refractivity contribution in [1.82, 2.24) is 14.3 Å². The van der Waals surface area contributed by atoms with Crippen LogP contribution in [0.25, 0.3) is 10.8 Å². The van der Waals surface area contributed by atoms with Crippen LogP contribution in [0.3, 0.4) is 0 Å². The lowest BCUT2D eigenvalue weighted by Gasteiger charge is -2.34. The highest BCUT2D eigenvalue weighted by molar-refractivity contribution is 7.89. The minimum absolute atomic E-state index is 0.359. The molecule has 8 heteroatoms. The van der Waals surface area contributed by atoms with Crippen LogP contribution in [-0.2, 0) is 10.0 Å². The van der Waals surface area contributed by atoms with Gasteiger partial charge in [0.15, 0.2) is 0 Å². The summed E-state index contributed by atoms with van der Waals surface area (Å²) in [5, 5.41) is 1.69. The molecule has 0 bridgehead atoms. The van der Waals surface area contributed by atoms with Crippen LogP contribution in [0.2, 0.25) is 0 Å². The quantitative estimate of drug-likeness (QED) is 0.672. The van der Waals surface area contributed by atoms with Crippen LogP contribution in [0.4, 0.5) is 11.6 Å². The van der Waals surface area contributed by atoms with Gasteiger partial charge in [0.1, 0.15) is 0 Å². The highest BCUT2D eigenvalue weighted by atomic mass is 32.2. The van der Waals surface area contributed by atoms with Crippen molar-refractivity contribution in [3.05, 3.63) is 54.9 Å². The van der Waals surface area contributed by atoms with Crippen molar-refractivity contribution < 1.29 is 8.42 Å². The Balaban J connectivity index is 1.64. The summed E-state index contributed by atoms with van der Waals surface area (Å²) >= 11 is 0. The van der Waals surface area contributed by atoms with Crippen molar-refractivity contribution >= 4 is 32.4 Å². The monoisotopic (exact) mass is 397 g/mol. The van der Waals surface area contributed by atoms with E-state index in [9.17, 15) is 8.42 Å². The molecule has 0 N–H and O–H groups in total. The number of hydrogen-bond donors (Lipinski definition) is 0. The van der Waals surface area contributed by atoms with Crippen molar-refractivity contribution in [1.29, 1.82) is 0 Å². The van der Waals surface area contributed by atoms with Gasteiger partial charge in [0.2, 0.25) is 16.0 Å². The van der Waals surface area contributed by atoms with Gasteiger partial charge in [0, 0.05) is 69.1 Å². The summed E-state index contributed by atoms with van der Waals surface area (Å²) in [5.41, 5.74) is 1.00. The number of anilines is 2. The molecule has 1 fully saturated rings. The molecule has 2 aromatic carbocycles. The average molecular weight is 398 g/mol. The third-order valence-electron chi connectivity index (χ3n) is 5.03. The Bertz CT molecular complexity index is 1080. The number of benzene rings is 2. The molecule has 1 aromatic heterocycles. The van der Waals surface area contributed by atoms with E-state index < -0.39 is 10.0 Å². The Labute approximate surface area is 165 Å². The van der Waals surface area contributed by atoms with Gasteiger partial charge in [-0.2, -0.15) is 4.31 Å². The number of piperazine rings is 1. The van der Waals surface area contributed by atoms with Gasteiger partial charge >= 0.3 is 0 Å². The second-order valence-corrected chi connectivity index (χ2v) is 8.87. The Morgan fingerprint density at radius 3 is 2.18 bits per heavy atom. The summed E-state index contributed by atoms with van der Waals surface area (Å²) in [6.45, 7) is 1.95. The van der Waals surface area contributed by atoms with Crippen LogP contribution < -0.4 is 9.80 Å². The largest absolute Gasteiger partial charge is 0.377 e. The van der Waals surface area contributed by atoms with Crippen LogP contribution in [-0.4, -0.2) is 63.0 Å². The Morgan fingerprint density at radius 2 is 1.50 bits per heavy atom. The molecule has 0 unspecified atom stereocenters. The smallest absolute Gasteiger partial charge is 0.243 e. The lowest BCUT2D eigenvalue weighted by Crippen LogP contribution is -2.49. The molecule has 0 atom stereocenters. The first-order chi connectivity index (χ1) is 13.5. The molecule has 3 aromatic rings. The fourth-order valence-corrected chi connectivity index (χ4v) is 5.23. The zero-order chi connectivity index (χ0) is 19.7. The van der Waals surface area contributed by atoms with E-state index >= 15 is 0 Å². The first-order valence-electron chi connectivity index (χ1n) is 9.19. The topological polar surface area (TPSA) is 69.6 Å². The van der Waals surface area contributed by atoms with Crippen molar-refractivity contribution in [2.45, 2.75) is 4.90 Å². The first kappa shape index (κ1) is 18.6. The Kier molecular flexibility index (Phi) is 4.91. The zero-order valence-electron chi connectivity index (χ0n) is 16.0. The minimum Gasteiger partial charge on any atom is -0.377 e. The van der Waals surface area contributed by atoms with E-state index in [1.54, 1.807) is 28.8 Å². The SMILES string of the molecule is CN(C)c1cccc2c(S(=O)(=O)N3CCN(c4ncccn4)CC3)cccc12. The van der Waals surface area contributed by atoms with E-state index in [0.29, 0.717) is 37.0 Å². The number of hydrogen-bond acceptors (Lipinski definition) is 6. The summed E-state index contributed by atoms with van der Waals surface area (Å²) in [6.07, 6.45) is 3.40. The van der Waals surface area contributed by atoms with Gasteiger partial charge < -0.3 is 9.80 Å². The molecule has 0 radical (unpaired) electrons. The molecular weight excluding hydrogens is 374 g/mol. The summed E-state index contributed by atoms with van der Waals surface area (Å²) in [6, 6.07) is 13.0. The molecule has 4 rings (SSSR count). The van der Waals surface area contributed by atoms with Gasteiger partial charge in [-0.05, 0) is 18.2 Å². The molecule has 1 aliphatic rings. The van der Waals surface area contributed by atoms with Crippen LogP contribution in [0.5, 0.6) is 0 Å². The van der Waals surface area contributed by atoms with E-state index in [4.69, 9.17) is 0 Å². The molecule has 1 aliphatic heterocycles. The molecule has 2 heterocycles. The van der Waals surface area contributed by atoms with Crippen LogP contribution >= 0.6 is 0 Å². The second kappa shape index (κ2) is 7.37. The molecular formula is C20H23N5O2S. The van der Waals surface area contributed by atoms with Gasteiger partial charge in [-0.25, -0.2) is 18.4 Å². The normalized spacial score (nSPS) is 15.7. The maximum atomic E-state index is 13.4. The van der Waals surface area contributed by atoms with E-state index in [1.807, 2.05) is 54.2 Å². The molecule has 7 nitrogen and oxygen atoms in total. The van der Waals surface area contributed by atoms with Crippen LogP contribution in [0.15, 0.2) is 59.8 Å². The first-order valence-corrected chi connectivity index (χ1v) is 10.6. The Morgan fingerprint density at radius 1 is 0.857 bits per heavy atom. The minimum atomic E-state index is -3.59.